The van der Waals surface area contributed by atoms with Crippen LogP contribution < -0.4 is 0 Å². The number of hydrogen-bond acceptors (Lipinski definition) is 4. The minimum absolute atomic E-state index is 0.221. The van der Waals surface area contributed by atoms with Crippen LogP contribution in [0.5, 0.6) is 0 Å². The van der Waals surface area contributed by atoms with Crippen molar-refractivity contribution in [3.8, 4) is 0 Å². The Morgan fingerprint density at radius 2 is 2.21 bits per heavy atom. The lowest BCUT2D eigenvalue weighted by atomic mass is 10.2. The Balaban J connectivity index is 2.09. The highest BCUT2D eigenvalue weighted by molar-refractivity contribution is 7.99. The Bertz CT molecular complexity index is 532. The molecule has 0 aliphatic heterocycles. The van der Waals surface area contributed by atoms with Gasteiger partial charge < -0.3 is 9.30 Å². The van der Waals surface area contributed by atoms with E-state index in [1.54, 1.807) is 25.2 Å². The number of rotatable bonds is 6. The van der Waals surface area contributed by atoms with Crippen molar-refractivity contribution in [1.82, 2.24) is 14.8 Å². The Morgan fingerprint density at radius 1 is 1.42 bits per heavy atom. The van der Waals surface area contributed by atoms with Crippen molar-refractivity contribution in [2.45, 2.75) is 23.9 Å². The molecule has 1 atom stereocenters. The highest BCUT2D eigenvalue weighted by Crippen LogP contribution is 2.36. The normalized spacial score (nSPS) is 12.6. The monoisotopic (exact) mass is 297 g/mol. The molecule has 2 aromatic rings. The van der Waals surface area contributed by atoms with Crippen LogP contribution in [0.2, 0.25) is 5.02 Å². The van der Waals surface area contributed by atoms with Gasteiger partial charge in [0.1, 0.15) is 6.33 Å². The molecule has 0 saturated carbocycles. The molecule has 1 aromatic heterocycles. The first-order valence-corrected chi connectivity index (χ1v) is 7.26. The summed E-state index contributed by atoms with van der Waals surface area (Å²) in [6.45, 7) is 3.51. The molecule has 0 radical (unpaired) electrons. The first-order valence-electron chi connectivity index (χ1n) is 6.00. The highest BCUT2D eigenvalue weighted by atomic mass is 35.5. The van der Waals surface area contributed by atoms with Crippen LogP contribution in [-0.2, 0) is 11.3 Å². The van der Waals surface area contributed by atoms with Crippen LogP contribution in [0.1, 0.15) is 17.7 Å². The van der Waals surface area contributed by atoms with Crippen LogP contribution in [0.25, 0.3) is 0 Å². The molecule has 4 nitrogen and oxygen atoms in total. The maximum Gasteiger partial charge on any atom is 0.191 e. The molecule has 0 aliphatic rings. The van der Waals surface area contributed by atoms with Crippen LogP contribution in [0.3, 0.4) is 0 Å². The smallest absolute Gasteiger partial charge is 0.191 e. The Kier molecular flexibility index (Phi) is 5.24. The summed E-state index contributed by atoms with van der Waals surface area (Å²) in [4.78, 5) is 0. The summed E-state index contributed by atoms with van der Waals surface area (Å²) in [6.07, 6.45) is 1.72. The maximum atomic E-state index is 6.21. The third-order valence-electron chi connectivity index (χ3n) is 2.74. The van der Waals surface area contributed by atoms with Gasteiger partial charge in [0.25, 0.3) is 0 Å². The van der Waals surface area contributed by atoms with Gasteiger partial charge in [-0.3, -0.25) is 0 Å². The molecule has 0 fully saturated rings. The molecule has 0 unspecified atom stereocenters. The summed E-state index contributed by atoms with van der Waals surface area (Å²) < 4.78 is 7.06. The van der Waals surface area contributed by atoms with Crippen molar-refractivity contribution in [3.05, 3.63) is 41.2 Å². The summed E-state index contributed by atoms with van der Waals surface area (Å²) in [6, 6.07) is 7.87. The molecule has 1 aromatic carbocycles. The average molecular weight is 298 g/mol. The second-order valence-corrected chi connectivity index (χ2v) is 5.80. The zero-order chi connectivity index (χ0) is 13.7. The van der Waals surface area contributed by atoms with Crippen LogP contribution in [0.15, 0.2) is 35.7 Å². The van der Waals surface area contributed by atoms with Gasteiger partial charge in [0.2, 0.25) is 0 Å². The molecular weight excluding hydrogens is 282 g/mol. The molecule has 19 heavy (non-hydrogen) atoms. The summed E-state index contributed by atoms with van der Waals surface area (Å²) in [5.74, 6) is 0. The van der Waals surface area contributed by atoms with Gasteiger partial charge in [-0.05, 0) is 18.6 Å². The molecule has 0 aliphatic carbocycles. The van der Waals surface area contributed by atoms with E-state index in [1.165, 1.54) is 0 Å². The van der Waals surface area contributed by atoms with Crippen molar-refractivity contribution >= 4 is 23.4 Å². The molecular formula is C13H16ClN3OS. The van der Waals surface area contributed by atoms with Gasteiger partial charge in [-0.15, -0.1) is 10.2 Å². The zero-order valence-corrected chi connectivity index (χ0v) is 12.5. The molecule has 0 saturated heterocycles. The zero-order valence-electron chi connectivity index (χ0n) is 10.9. The third-order valence-corrected chi connectivity index (χ3v) is 4.22. The summed E-state index contributed by atoms with van der Waals surface area (Å²) >= 11 is 7.85. The number of benzene rings is 1. The molecule has 6 heteroatoms. The van der Waals surface area contributed by atoms with Gasteiger partial charge in [-0.1, -0.05) is 41.6 Å². The Labute approximate surface area is 122 Å². The van der Waals surface area contributed by atoms with Gasteiger partial charge in [-0.25, -0.2) is 0 Å². The van der Waals surface area contributed by atoms with Gasteiger partial charge in [0, 0.05) is 23.9 Å². The Hall–Kier alpha value is -1.04. The van der Waals surface area contributed by atoms with E-state index in [2.05, 4.69) is 17.1 Å². The average Bonchev–Trinajstić information content (AvgIpc) is 2.84. The van der Waals surface area contributed by atoms with Gasteiger partial charge >= 0.3 is 0 Å². The van der Waals surface area contributed by atoms with E-state index in [4.69, 9.17) is 16.3 Å². The maximum absolute atomic E-state index is 6.21. The lowest BCUT2D eigenvalue weighted by Crippen LogP contribution is -2.05. The quantitative estimate of drug-likeness (QED) is 0.766. The molecule has 0 N–H and O–H groups in total. The van der Waals surface area contributed by atoms with Gasteiger partial charge in [-0.2, -0.15) is 0 Å². The second kappa shape index (κ2) is 6.93. The van der Waals surface area contributed by atoms with Crippen molar-refractivity contribution in [3.63, 3.8) is 0 Å². The summed E-state index contributed by atoms with van der Waals surface area (Å²) in [7, 11) is 1.68. The molecule has 0 amide bonds. The van der Waals surface area contributed by atoms with E-state index in [0.29, 0.717) is 6.61 Å². The highest BCUT2D eigenvalue weighted by Gasteiger charge is 2.14. The van der Waals surface area contributed by atoms with E-state index in [-0.39, 0.29) is 5.25 Å². The number of hydrogen-bond donors (Lipinski definition) is 0. The number of thioether (sulfide) groups is 1. The molecule has 1 heterocycles. The number of ether oxygens (including phenoxy) is 1. The topological polar surface area (TPSA) is 39.9 Å². The van der Waals surface area contributed by atoms with E-state index in [0.717, 1.165) is 22.3 Å². The van der Waals surface area contributed by atoms with Crippen LogP contribution in [-0.4, -0.2) is 28.5 Å². The predicted octanol–water partition coefficient (Wildman–Crippen LogP) is 3.43. The van der Waals surface area contributed by atoms with Crippen molar-refractivity contribution in [1.29, 1.82) is 0 Å². The van der Waals surface area contributed by atoms with Gasteiger partial charge in [0.05, 0.1) is 6.61 Å². The first kappa shape index (κ1) is 14.4. The molecule has 2 rings (SSSR count). The minimum atomic E-state index is 0.221. The van der Waals surface area contributed by atoms with Crippen LogP contribution in [0.4, 0.5) is 0 Å². The van der Waals surface area contributed by atoms with E-state index >= 15 is 0 Å². The lowest BCUT2D eigenvalue weighted by Gasteiger charge is -2.13. The lowest BCUT2D eigenvalue weighted by molar-refractivity contribution is 0.184. The van der Waals surface area contributed by atoms with Crippen molar-refractivity contribution in [2.75, 3.05) is 13.7 Å². The second-order valence-electron chi connectivity index (χ2n) is 4.08. The molecule has 0 bridgehead atoms. The third kappa shape index (κ3) is 3.72. The number of methoxy groups -OCH3 is 1. The molecule has 102 valence electrons. The van der Waals surface area contributed by atoms with Crippen molar-refractivity contribution < 1.29 is 4.74 Å². The summed E-state index contributed by atoms with van der Waals surface area (Å²) in [5.41, 5.74) is 1.11. The number of halogens is 1. The minimum Gasteiger partial charge on any atom is -0.383 e. The van der Waals surface area contributed by atoms with E-state index in [1.807, 2.05) is 28.8 Å². The SMILES string of the molecule is COCCn1cnnc1S[C@@H](C)c1ccccc1Cl. The number of nitrogens with zero attached hydrogens (tertiary/aromatic N) is 3. The fraction of sp³-hybridized carbons (Fsp3) is 0.385. The fourth-order valence-electron chi connectivity index (χ4n) is 1.71. The van der Waals surface area contributed by atoms with Crippen molar-refractivity contribution in [2.24, 2.45) is 0 Å². The Morgan fingerprint density at radius 3 is 2.95 bits per heavy atom. The standard InChI is InChI=1S/C13H16ClN3OS/c1-10(11-5-3-4-6-12(11)14)19-13-16-15-9-17(13)7-8-18-2/h3-6,9-10H,7-8H2,1-2H3/t10-/m0/s1. The fourth-order valence-corrected chi connectivity index (χ4v) is 3.09. The van der Waals surface area contributed by atoms with Gasteiger partial charge in [0.15, 0.2) is 5.16 Å². The van der Waals surface area contributed by atoms with E-state index < -0.39 is 0 Å². The predicted molar refractivity (Wildman–Crippen MR) is 77.6 cm³/mol. The van der Waals surface area contributed by atoms with Crippen LogP contribution in [0, 0.1) is 0 Å². The van der Waals surface area contributed by atoms with Crippen LogP contribution >= 0.6 is 23.4 Å². The largest absolute Gasteiger partial charge is 0.383 e. The first-order chi connectivity index (χ1) is 9.22. The molecule has 0 spiro atoms. The number of aromatic nitrogens is 3. The summed E-state index contributed by atoms with van der Waals surface area (Å²) in [5, 5.41) is 9.97. The van der Waals surface area contributed by atoms with E-state index in [9.17, 15) is 0 Å².